The molecule has 5 rings (SSSR count). The smallest absolute Gasteiger partial charge is 0.249 e. The van der Waals surface area contributed by atoms with Crippen LogP contribution in [0.2, 0.25) is 0 Å². The molecular weight excluding hydrogens is 710 g/mol. The van der Waals surface area contributed by atoms with Crippen LogP contribution in [-0.2, 0) is 38.6 Å². The summed E-state index contributed by atoms with van der Waals surface area (Å²) in [7, 11) is 3.14. The number of hydrogen-bond acceptors (Lipinski definition) is 8. The largest absolute Gasteiger partial charge is 0.497 e. The average molecular weight is 765 g/mol. The molecule has 0 aliphatic carbocycles. The van der Waals surface area contributed by atoms with E-state index < -0.39 is 47.3 Å². The lowest BCUT2D eigenvalue weighted by molar-refractivity contribution is -0.144. The normalized spacial score (nSPS) is 21.8. The monoisotopic (exact) mass is 764 g/mol. The van der Waals surface area contributed by atoms with Crippen molar-refractivity contribution < 1.29 is 42.5 Å². The maximum atomic E-state index is 14.5. The summed E-state index contributed by atoms with van der Waals surface area (Å²) in [4.78, 5) is 42.8. The molecule has 2 aliphatic heterocycles. The van der Waals surface area contributed by atoms with Gasteiger partial charge in [-0.15, -0.1) is 0 Å². The van der Waals surface area contributed by atoms with E-state index in [0.717, 1.165) is 17.2 Å². The highest BCUT2D eigenvalue weighted by molar-refractivity contribution is 5.96. The summed E-state index contributed by atoms with van der Waals surface area (Å²) < 4.78 is 45.7. The molecule has 11 nitrogen and oxygen atoms in total. The Bertz CT molecular complexity index is 1740. The maximum absolute atomic E-state index is 14.5. The Morgan fingerprint density at radius 2 is 1.67 bits per heavy atom. The number of carbonyl (C=O) groups excluding carboxylic acids is 3. The first-order valence-corrected chi connectivity index (χ1v) is 19.0. The Morgan fingerprint density at radius 1 is 1.00 bits per heavy atom. The first-order valence-electron chi connectivity index (χ1n) is 19.0. The lowest BCUT2D eigenvalue weighted by Gasteiger charge is -2.36. The summed E-state index contributed by atoms with van der Waals surface area (Å²) in [6, 6.07) is 15.7. The molecule has 4 N–H and O–H groups in total. The highest BCUT2D eigenvalue weighted by Crippen LogP contribution is 2.35. The number of aliphatic hydroxyl groups excluding tert-OH is 1. The Kier molecular flexibility index (Phi) is 14.2. The summed E-state index contributed by atoms with van der Waals surface area (Å²) in [6.45, 7) is 6.16. The fourth-order valence-electron chi connectivity index (χ4n) is 7.88. The van der Waals surface area contributed by atoms with Gasteiger partial charge in [0, 0.05) is 38.2 Å². The van der Waals surface area contributed by atoms with Crippen LogP contribution in [0.1, 0.15) is 63.1 Å². The number of hydrogen-bond donors (Lipinski definition) is 4. The molecule has 298 valence electrons. The Hall–Kier alpha value is -4.59. The molecule has 0 bridgehead atoms. The number of halogens is 2. The number of aliphatic hydroxyl groups is 1. The molecule has 3 amide bonds. The zero-order valence-electron chi connectivity index (χ0n) is 32.3. The average Bonchev–Trinajstić information content (AvgIpc) is 3.77. The minimum atomic E-state index is -1.21. The van der Waals surface area contributed by atoms with Crippen LogP contribution in [0.15, 0.2) is 66.7 Å². The van der Waals surface area contributed by atoms with Crippen molar-refractivity contribution in [2.45, 2.75) is 102 Å². The minimum absolute atomic E-state index is 0.0864. The number of ether oxygens (including phenoxy) is 3. The molecule has 0 spiro atoms. The lowest BCUT2D eigenvalue weighted by atomic mass is 9.81. The second kappa shape index (κ2) is 18.8. The first kappa shape index (κ1) is 41.6. The van der Waals surface area contributed by atoms with E-state index in [-0.39, 0.29) is 55.4 Å². The van der Waals surface area contributed by atoms with Gasteiger partial charge in [-0.25, -0.2) is 8.78 Å². The molecule has 0 saturated carbocycles. The van der Waals surface area contributed by atoms with Gasteiger partial charge in [0.1, 0.15) is 34.7 Å². The van der Waals surface area contributed by atoms with Crippen molar-refractivity contribution >= 4 is 17.7 Å². The lowest BCUT2D eigenvalue weighted by Crippen LogP contribution is -2.61. The Labute approximate surface area is 322 Å². The molecule has 7 atom stereocenters. The van der Waals surface area contributed by atoms with Crippen LogP contribution in [0.3, 0.4) is 0 Å². The molecule has 2 unspecified atom stereocenters. The van der Waals surface area contributed by atoms with Crippen molar-refractivity contribution in [2.75, 3.05) is 27.3 Å². The standard InChI is InChI=1S/C42H54F2N4O7/c1-6-26(2)42(47-27(3)49)14-15-48(41(42)52)38(13-12-28-10-8-7-9-11-28)40(51)46-37(20-29-16-31(43)21-32(44)17-29)39(50)36-23-35(24-45-36)55-25-30-18-33(53-4)22-34(19-30)54-5/h7-11,16-19,21-22,26,35-39,45,50H,6,12-15,20,23-25H2,1-5H3,(H,46,51)(H,47,49)/t26-,35-,36-,37+,38?,39-,42?/m1/s1. The molecule has 2 heterocycles. The van der Waals surface area contributed by atoms with Gasteiger partial charge in [-0.2, -0.15) is 0 Å². The van der Waals surface area contributed by atoms with E-state index >= 15 is 0 Å². The third-order valence-corrected chi connectivity index (χ3v) is 11.0. The van der Waals surface area contributed by atoms with Crippen LogP contribution >= 0.6 is 0 Å². The number of methoxy groups -OCH3 is 2. The molecule has 2 saturated heterocycles. The number of nitrogens with one attached hydrogen (secondary N) is 3. The molecule has 0 radical (unpaired) electrons. The van der Waals surface area contributed by atoms with Gasteiger partial charge in [-0.1, -0.05) is 50.6 Å². The van der Waals surface area contributed by atoms with Gasteiger partial charge >= 0.3 is 0 Å². The third-order valence-electron chi connectivity index (χ3n) is 11.0. The topological polar surface area (TPSA) is 138 Å². The quantitative estimate of drug-likeness (QED) is 0.149. The highest BCUT2D eigenvalue weighted by Gasteiger charge is 2.53. The minimum Gasteiger partial charge on any atom is -0.497 e. The number of nitrogens with zero attached hydrogens (tertiary/aromatic N) is 1. The highest BCUT2D eigenvalue weighted by atomic mass is 19.1. The number of rotatable bonds is 18. The van der Waals surface area contributed by atoms with Crippen LogP contribution in [-0.4, -0.2) is 90.9 Å². The zero-order chi connectivity index (χ0) is 39.7. The molecule has 55 heavy (non-hydrogen) atoms. The molecule has 0 aromatic heterocycles. The third kappa shape index (κ3) is 10.4. The van der Waals surface area contributed by atoms with Gasteiger partial charge in [0.05, 0.1) is 39.1 Å². The maximum Gasteiger partial charge on any atom is 0.249 e. The predicted molar refractivity (Wildman–Crippen MR) is 203 cm³/mol. The van der Waals surface area contributed by atoms with Gasteiger partial charge in [-0.05, 0) is 79.0 Å². The fourth-order valence-corrected chi connectivity index (χ4v) is 7.88. The summed E-state index contributed by atoms with van der Waals surface area (Å²) in [5.41, 5.74) is 0.900. The van der Waals surface area contributed by atoms with E-state index in [9.17, 15) is 28.3 Å². The summed E-state index contributed by atoms with van der Waals surface area (Å²) in [6.07, 6.45) is 0.518. The number of benzene rings is 3. The molecule has 2 aliphatic rings. The van der Waals surface area contributed by atoms with Crippen molar-refractivity contribution in [3.05, 3.63) is 95.1 Å². The first-order chi connectivity index (χ1) is 26.3. The molecule has 13 heteroatoms. The molecule has 3 aromatic carbocycles. The van der Waals surface area contributed by atoms with Crippen LogP contribution in [0.4, 0.5) is 8.78 Å². The van der Waals surface area contributed by atoms with E-state index in [4.69, 9.17) is 14.2 Å². The van der Waals surface area contributed by atoms with Crippen LogP contribution in [0.5, 0.6) is 11.5 Å². The summed E-state index contributed by atoms with van der Waals surface area (Å²) in [5, 5.41) is 21.1. The Balaban J connectivity index is 1.38. The van der Waals surface area contributed by atoms with E-state index in [1.54, 1.807) is 20.3 Å². The number of aryl methyl sites for hydroxylation is 1. The van der Waals surface area contributed by atoms with Crippen LogP contribution in [0.25, 0.3) is 0 Å². The van der Waals surface area contributed by atoms with Crippen molar-refractivity contribution in [3.63, 3.8) is 0 Å². The second-order valence-electron chi connectivity index (χ2n) is 14.7. The van der Waals surface area contributed by atoms with E-state index in [1.165, 1.54) is 24.0 Å². The van der Waals surface area contributed by atoms with Crippen LogP contribution in [0, 0.1) is 17.6 Å². The van der Waals surface area contributed by atoms with Crippen molar-refractivity contribution in [1.82, 2.24) is 20.9 Å². The fraction of sp³-hybridized carbons (Fsp3) is 0.500. The van der Waals surface area contributed by atoms with Gasteiger partial charge < -0.3 is 40.2 Å². The predicted octanol–water partition coefficient (Wildman–Crippen LogP) is 4.47. The van der Waals surface area contributed by atoms with Crippen molar-refractivity contribution in [2.24, 2.45) is 5.92 Å². The summed E-state index contributed by atoms with van der Waals surface area (Å²) >= 11 is 0. The van der Waals surface area contributed by atoms with Crippen molar-refractivity contribution in [3.8, 4) is 11.5 Å². The Morgan fingerprint density at radius 3 is 2.29 bits per heavy atom. The second-order valence-corrected chi connectivity index (χ2v) is 14.7. The molecule has 2 fully saturated rings. The number of amides is 3. The zero-order valence-corrected chi connectivity index (χ0v) is 32.3. The molecule has 3 aromatic rings. The van der Waals surface area contributed by atoms with Crippen molar-refractivity contribution in [1.29, 1.82) is 0 Å². The van der Waals surface area contributed by atoms with E-state index in [0.29, 0.717) is 43.7 Å². The number of likely N-dealkylation sites (tertiary alicyclic amines) is 1. The number of carbonyl (C=O) groups is 3. The van der Waals surface area contributed by atoms with Gasteiger partial charge in [0.15, 0.2) is 0 Å². The molecular formula is C42H54F2N4O7. The van der Waals surface area contributed by atoms with Gasteiger partial charge in [-0.3, -0.25) is 14.4 Å². The van der Waals surface area contributed by atoms with Crippen LogP contribution < -0.4 is 25.4 Å². The van der Waals surface area contributed by atoms with E-state index in [2.05, 4.69) is 16.0 Å². The SMILES string of the molecule is CC[C@@H](C)C1(NC(C)=O)CCN(C(CCc2ccccc2)C(=O)N[C@@H](Cc2cc(F)cc(F)c2)[C@H](O)[C@H]2C[C@@H](OCc3cc(OC)cc(OC)c3)CN2)C1=O. The van der Waals surface area contributed by atoms with E-state index in [1.807, 2.05) is 56.3 Å². The van der Waals surface area contributed by atoms with Gasteiger partial charge in [0.25, 0.3) is 0 Å². The summed E-state index contributed by atoms with van der Waals surface area (Å²) in [5.74, 6) is -1.67. The van der Waals surface area contributed by atoms with Gasteiger partial charge in [0.2, 0.25) is 17.7 Å².